The summed E-state index contributed by atoms with van der Waals surface area (Å²) >= 11 is 0. The number of aryl methyl sites for hydroxylation is 1. The smallest absolute Gasteiger partial charge is 0.246 e. The van der Waals surface area contributed by atoms with Crippen LogP contribution in [0.4, 0.5) is 4.39 Å². The number of benzene rings is 1. The van der Waals surface area contributed by atoms with Gasteiger partial charge in [0.25, 0.3) is 0 Å². The molecule has 0 fully saturated rings. The first-order chi connectivity index (χ1) is 10.2. The lowest BCUT2D eigenvalue weighted by molar-refractivity contribution is 0.371. The van der Waals surface area contributed by atoms with Crippen LogP contribution in [0.5, 0.6) is 0 Å². The van der Waals surface area contributed by atoms with Crippen molar-refractivity contribution in [2.24, 2.45) is 4.99 Å². The highest BCUT2D eigenvalue weighted by molar-refractivity contribution is 5.79. The number of nitrogens with one attached hydrogen (secondary N) is 2. The maximum absolute atomic E-state index is 13.0. The Morgan fingerprint density at radius 2 is 2.24 bits per heavy atom. The van der Waals surface area contributed by atoms with Crippen LogP contribution in [0.1, 0.15) is 17.3 Å². The number of hydrogen-bond acceptors (Lipinski definition) is 4. The highest BCUT2D eigenvalue weighted by Gasteiger charge is 2.04. The lowest BCUT2D eigenvalue weighted by atomic mass is 10.1. The van der Waals surface area contributed by atoms with Crippen molar-refractivity contribution in [3.05, 3.63) is 47.4 Å². The maximum atomic E-state index is 13.0. The number of aromatic nitrogens is 2. The third-order valence-electron chi connectivity index (χ3n) is 2.80. The van der Waals surface area contributed by atoms with E-state index in [9.17, 15) is 4.39 Å². The normalized spacial score (nSPS) is 11.5. The van der Waals surface area contributed by atoms with Crippen molar-refractivity contribution in [2.45, 2.75) is 19.9 Å². The molecule has 0 unspecified atom stereocenters. The van der Waals surface area contributed by atoms with Crippen LogP contribution in [0.15, 0.2) is 33.8 Å². The SMILES string of the molecule is CN=C(NCCc1cccc(F)c1)NCc1nc(C)no1. The van der Waals surface area contributed by atoms with Gasteiger partial charge in [-0.15, -0.1) is 0 Å². The van der Waals surface area contributed by atoms with Crippen molar-refractivity contribution >= 4 is 5.96 Å². The molecule has 0 saturated carbocycles. The monoisotopic (exact) mass is 291 g/mol. The molecule has 2 aromatic rings. The first-order valence-electron chi connectivity index (χ1n) is 6.65. The molecule has 1 heterocycles. The fraction of sp³-hybridized carbons (Fsp3) is 0.357. The van der Waals surface area contributed by atoms with E-state index in [2.05, 4.69) is 25.8 Å². The lowest BCUT2D eigenvalue weighted by Gasteiger charge is -2.10. The predicted molar refractivity (Wildman–Crippen MR) is 77.3 cm³/mol. The number of halogens is 1. The molecule has 1 aromatic heterocycles. The molecule has 0 radical (unpaired) electrons. The fourth-order valence-corrected chi connectivity index (χ4v) is 1.81. The molecule has 0 aliphatic rings. The minimum absolute atomic E-state index is 0.221. The molecule has 0 atom stereocenters. The maximum Gasteiger partial charge on any atom is 0.246 e. The van der Waals surface area contributed by atoms with Gasteiger partial charge in [-0.2, -0.15) is 4.98 Å². The number of aliphatic imine (C=N–C) groups is 1. The van der Waals surface area contributed by atoms with E-state index in [0.29, 0.717) is 37.2 Å². The summed E-state index contributed by atoms with van der Waals surface area (Å²) in [6.07, 6.45) is 0.706. The molecule has 112 valence electrons. The Morgan fingerprint density at radius 3 is 2.90 bits per heavy atom. The van der Waals surface area contributed by atoms with Crippen molar-refractivity contribution in [3.8, 4) is 0 Å². The Balaban J connectivity index is 1.75. The van der Waals surface area contributed by atoms with Crippen LogP contribution in [-0.2, 0) is 13.0 Å². The van der Waals surface area contributed by atoms with Crippen LogP contribution in [0.2, 0.25) is 0 Å². The van der Waals surface area contributed by atoms with E-state index in [0.717, 1.165) is 5.56 Å². The average Bonchev–Trinajstić information content (AvgIpc) is 2.88. The van der Waals surface area contributed by atoms with Gasteiger partial charge in [-0.3, -0.25) is 4.99 Å². The van der Waals surface area contributed by atoms with Gasteiger partial charge in [-0.05, 0) is 31.0 Å². The third-order valence-corrected chi connectivity index (χ3v) is 2.80. The van der Waals surface area contributed by atoms with E-state index < -0.39 is 0 Å². The van der Waals surface area contributed by atoms with Crippen molar-refractivity contribution in [1.29, 1.82) is 0 Å². The summed E-state index contributed by atoms with van der Waals surface area (Å²) in [5, 5.41) is 9.91. The summed E-state index contributed by atoms with van der Waals surface area (Å²) < 4.78 is 18.0. The molecule has 0 bridgehead atoms. The van der Waals surface area contributed by atoms with E-state index >= 15 is 0 Å². The molecule has 0 aliphatic heterocycles. The Kier molecular flexibility index (Phi) is 5.25. The third kappa shape index (κ3) is 4.87. The number of hydrogen-bond donors (Lipinski definition) is 2. The van der Waals surface area contributed by atoms with E-state index in [1.165, 1.54) is 12.1 Å². The number of nitrogens with zero attached hydrogens (tertiary/aromatic N) is 3. The molecule has 7 heteroatoms. The second-order valence-corrected chi connectivity index (χ2v) is 4.47. The van der Waals surface area contributed by atoms with Crippen LogP contribution >= 0.6 is 0 Å². The second kappa shape index (κ2) is 7.37. The van der Waals surface area contributed by atoms with Crippen LogP contribution in [0.3, 0.4) is 0 Å². The molecular formula is C14H18FN5O. The summed E-state index contributed by atoms with van der Waals surface area (Å²) in [6, 6.07) is 6.56. The highest BCUT2D eigenvalue weighted by atomic mass is 19.1. The van der Waals surface area contributed by atoms with Crippen LogP contribution < -0.4 is 10.6 Å². The van der Waals surface area contributed by atoms with Gasteiger partial charge in [-0.25, -0.2) is 4.39 Å². The van der Waals surface area contributed by atoms with E-state index in [1.807, 2.05) is 6.07 Å². The molecule has 2 rings (SSSR count). The minimum atomic E-state index is -0.221. The topological polar surface area (TPSA) is 75.3 Å². The van der Waals surface area contributed by atoms with Gasteiger partial charge in [-0.1, -0.05) is 17.3 Å². The largest absolute Gasteiger partial charge is 0.356 e. The molecular weight excluding hydrogens is 273 g/mol. The van der Waals surface area contributed by atoms with Gasteiger partial charge in [0.15, 0.2) is 11.8 Å². The van der Waals surface area contributed by atoms with Crippen molar-refractivity contribution in [3.63, 3.8) is 0 Å². The van der Waals surface area contributed by atoms with Crippen LogP contribution in [0.25, 0.3) is 0 Å². The molecule has 0 aliphatic carbocycles. The summed E-state index contributed by atoms with van der Waals surface area (Å²) in [4.78, 5) is 8.18. The summed E-state index contributed by atoms with van der Waals surface area (Å²) in [5.74, 6) is 1.51. The second-order valence-electron chi connectivity index (χ2n) is 4.47. The summed E-state index contributed by atoms with van der Waals surface area (Å²) in [6.45, 7) is 2.81. The van der Waals surface area contributed by atoms with Gasteiger partial charge in [0.05, 0.1) is 6.54 Å². The van der Waals surface area contributed by atoms with Gasteiger partial charge in [0.2, 0.25) is 5.89 Å². The van der Waals surface area contributed by atoms with Gasteiger partial charge in [0.1, 0.15) is 5.82 Å². The molecule has 2 N–H and O–H groups in total. The summed E-state index contributed by atoms with van der Waals surface area (Å²) in [7, 11) is 1.68. The molecule has 21 heavy (non-hydrogen) atoms. The first-order valence-corrected chi connectivity index (χ1v) is 6.65. The zero-order chi connectivity index (χ0) is 15.1. The van der Waals surface area contributed by atoms with Gasteiger partial charge < -0.3 is 15.2 Å². The van der Waals surface area contributed by atoms with E-state index in [1.54, 1.807) is 20.0 Å². The average molecular weight is 291 g/mol. The standard InChI is InChI=1S/C14H18FN5O/c1-10-19-13(21-20-10)9-18-14(16-2)17-7-6-11-4-3-5-12(15)8-11/h3-5,8H,6-7,9H2,1-2H3,(H2,16,17,18). The Bertz CT molecular complexity index is 611. The molecule has 0 saturated heterocycles. The molecule has 0 spiro atoms. The number of guanidine groups is 1. The Hall–Kier alpha value is -2.44. The van der Waals surface area contributed by atoms with Crippen molar-refractivity contribution in [2.75, 3.05) is 13.6 Å². The zero-order valence-electron chi connectivity index (χ0n) is 12.1. The highest BCUT2D eigenvalue weighted by Crippen LogP contribution is 2.03. The Morgan fingerprint density at radius 1 is 1.38 bits per heavy atom. The van der Waals surface area contributed by atoms with Gasteiger partial charge in [0, 0.05) is 13.6 Å². The zero-order valence-corrected chi connectivity index (χ0v) is 12.1. The molecule has 6 nitrogen and oxygen atoms in total. The first kappa shape index (κ1) is 15.0. The van der Waals surface area contributed by atoms with Crippen molar-refractivity contribution < 1.29 is 8.91 Å². The van der Waals surface area contributed by atoms with E-state index in [4.69, 9.17) is 4.52 Å². The molecule has 1 aromatic carbocycles. The summed E-state index contributed by atoms with van der Waals surface area (Å²) in [5.41, 5.74) is 0.936. The lowest BCUT2D eigenvalue weighted by Crippen LogP contribution is -2.37. The number of rotatable bonds is 5. The van der Waals surface area contributed by atoms with Gasteiger partial charge >= 0.3 is 0 Å². The quantitative estimate of drug-likeness (QED) is 0.644. The van der Waals surface area contributed by atoms with Crippen LogP contribution in [-0.4, -0.2) is 29.7 Å². The molecule has 0 amide bonds. The predicted octanol–water partition coefficient (Wildman–Crippen LogP) is 1.42. The van der Waals surface area contributed by atoms with Crippen LogP contribution in [0, 0.1) is 12.7 Å². The van der Waals surface area contributed by atoms with Crippen molar-refractivity contribution in [1.82, 2.24) is 20.8 Å². The minimum Gasteiger partial charge on any atom is -0.356 e. The fourth-order valence-electron chi connectivity index (χ4n) is 1.81. The van der Waals surface area contributed by atoms with E-state index in [-0.39, 0.29) is 5.82 Å². The Labute approximate surface area is 122 Å².